The van der Waals surface area contributed by atoms with Gasteiger partial charge in [0.2, 0.25) is 0 Å². The van der Waals surface area contributed by atoms with E-state index in [1.807, 2.05) is 47.8 Å². The number of para-hydroxylation sites is 2. The Kier molecular flexibility index (Phi) is 4.19. The Hall–Kier alpha value is -2.73. The number of methoxy groups -OCH3 is 2. The molecule has 0 saturated heterocycles. The maximum absolute atomic E-state index is 6.03. The molecule has 6 heteroatoms. The fourth-order valence-corrected chi connectivity index (χ4v) is 3.54. The molecular formula is C19H17NO4S. The molecule has 25 heavy (non-hydrogen) atoms. The number of rotatable bonds is 4. The number of thiazole rings is 1. The van der Waals surface area contributed by atoms with Crippen LogP contribution in [0.4, 0.5) is 0 Å². The molecule has 2 aromatic carbocycles. The van der Waals surface area contributed by atoms with E-state index in [0.29, 0.717) is 6.61 Å². The Morgan fingerprint density at radius 2 is 1.92 bits per heavy atom. The van der Waals surface area contributed by atoms with Crippen molar-refractivity contribution < 1.29 is 18.9 Å². The first-order valence-corrected chi connectivity index (χ1v) is 8.73. The molecule has 3 aromatic rings. The van der Waals surface area contributed by atoms with Crippen LogP contribution in [0.1, 0.15) is 11.1 Å². The highest BCUT2D eigenvalue weighted by Gasteiger charge is 2.25. The van der Waals surface area contributed by atoms with Crippen LogP contribution < -0.4 is 18.9 Å². The summed E-state index contributed by atoms with van der Waals surface area (Å²) in [6.07, 6.45) is -0.210. The maximum atomic E-state index is 6.03. The number of hydrogen-bond donors (Lipinski definition) is 0. The summed E-state index contributed by atoms with van der Waals surface area (Å²) in [6.45, 7) is 0.448. The number of ether oxygens (including phenoxy) is 4. The second kappa shape index (κ2) is 6.64. The predicted octanol–water partition coefficient (Wildman–Crippen LogP) is 4.34. The van der Waals surface area contributed by atoms with Gasteiger partial charge in [-0.05, 0) is 24.3 Å². The molecule has 2 heterocycles. The second-order valence-electron chi connectivity index (χ2n) is 5.50. The number of benzene rings is 2. The monoisotopic (exact) mass is 355 g/mol. The van der Waals surface area contributed by atoms with E-state index >= 15 is 0 Å². The van der Waals surface area contributed by atoms with Gasteiger partial charge in [-0.1, -0.05) is 12.1 Å². The van der Waals surface area contributed by atoms with Crippen LogP contribution in [0.2, 0.25) is 0 Å². The minimum Gasteiger partial charge on any atom is -0.497 e. The highest BCUT2D eigenvalue weighted by atomic mass is 32.1. The van der Waals surface area contributed by atoms with Gasteiger partial charge in [0.1, 0.15) is 23.1 Å². The molecule has 1 aliphatic rings. The Bertz CT molecular complexity index is 893. The molecule has 5 nitrogen and oxygen atoms in total. The molecule has 1 atom stereocenters. The second-order valence-corrected chi connectivity index (χ2v) is 6.39. The Labute approximate surface area is 149 Å². The van der Waals surface area contributed by atoms with Crippen LogP contribution in [0, 0.1) is 0 Å². The van der Waals surface area contributed by atoms with Gasteiger partial charge in [0.25, 0.3) is 0 Å². The van der Waals surface area contributed by atoms with Crippen molar-refractivity contribution in [2.24, 2.45) is 0 Å². The summed E-state index contributed by atoms with van der Waals surface area (Å²) in [5.41, 5.74) is 1.77. The third-order valence-electron chi connectivity index (χ3n) is 3.99. The fourth-order valence-electron chi connectivity index (χ4n) is 2.71. The SMILES string of the molecule is COc1ccc(-c2csc([C@H]3COc4ccccc4O3)n2)c(OC)c1. The fraction of sp³-hybridized carbons (Fsp3) is 0.211. The number of aromatic nitrogens is 1. The van der Waals surface area contributed by atoms with E-state index in [4.69, 9.17) is 23.9 Å². The zero-order chi connectivity index (χ0) is 17.2. The third-order valence-corrected chi connectivity index (χ3v) is 4.93. The number of nitrogens with zero attached hydrogens (tertiary/aromatic N) is 1. The lowest BCUT2D eigenvalue weighted by molar-refractivity contribution is 0.0911. The summed E-state index contributed by atoms with van der Waals surface area (Å²) in [5.74, 6) is 2.99. The van der Waals surface area contributed by atoms with E-state index in [-0.39, 0.29) is 6.10 Å². The van der Waals surface area contributed by atoms with Crippen LogP contribution >= 0.6 is 11.3 Å². The van der Waals surface area contributed by atoms with Gasteiger partial charge in [-0.25, -0.2) is 4.98 Å². The molecule has 1 aromatic heterocycles. The lowest BCUT2D eigenvalue weighted by atomic mass is 10.1. The average Bonchev–Trinajstić information content (AvgIpc) is 3.17. The first kappa shape index (κ1) is 15.8. The summed E-state index contributed by atoms with van der Waals surface area (Å²) in [6, 6.07) is 13.4. The highest BCUT2D eigenvalue weighted by Crippen LogP contribution is 2.39. The molecule has 0 N–H and O–H groups in total. The molecule has 4 rings (SSSR count). The van der Waals surface area contributed by atoms with Crippen LogP contribution in [0.15, 0.2) is 47.8 Å². The number of hydrogen-bond acceptors (Lipinski definition) is 6. The predicted molar refractivity (Wildman–Crippen MR) is 96.0 cm³/mol. The van der Waals surface area contributed by atoms with E-state index in [1.165, 1.54) is 0 Å². The minimum absolute atomic E-state index is 0.210. The molecule has 0 radical (unpaired) electrons. The first-order valence-electron chi connectivity index (χ1n) is 7.85. The van der Waals surface area contributed by atoms with Crippen molar-refractivity contribution in [3.8, 4) is 34.3 Å². The molecule has 1 aliphatic heterocycles. The van der Waals surface area contributed by atoms with Gasteiger partial charge in [-0.15, -0.1) is 11.3 Å². The zero-order valence-electron chi connectivity index (χ0n) is 13.9. The van der Waals surface area contributed by atoms with Gasteiger partial charge in [-0.3, -0.25) is 0 Å². The molecule has 0 spiro atoms. The molecule has 0 amide bonds. The van der Waals surface area contributed by atoms with Crippen molar-refractivity contribution >= 4 is 11.3 Å². The molecular weight excluding hydrogens is 338 g/mol. The van der Waals surface area contributed by atoms with Crippen LogP contribution in [-0.4, -0.2) is 25.8 Å². The van der Waals surface area contributed by atoms with Gasteiger partial charge in [-0.2, -0.15) is 0 Å². The average molecular weight is 355 g/mol. The maximum Gasteiger partial charge on any atom is 0.184 e. The van der Waals surface area contributed by atoms with E-state index < -0.39 is 0 Å². The smallest absolute Gasteiger partial charge is 0.184 e. The molecule has 0 fully saturated rings. The summed E-state index contributed by atoms with van der Waals surface area (Å²) < 4.78 is 22.5. The van der Waals surface area contributed by atoms with Crippen molar-refractivity contribution in [3.63, 3.8) is 0 Å². The molecule has 0 unspecified atom stereocenters. The third kappa shape index (κ3) is 3.00. The van der Waals surface area contributed by atoms with E-state index in [2.05, 4.69) is 0 Å². The summed E-state index contributed by atoms with van der Waals surface area (Å²) in [5, 5.41) is 2.88. The summed E-state index contributed by atoms with van der Waals surface area (Å²) in [7, 11) is 3.27. The summed E-state index contributed by atoms with van der Waals surface area (Å²) >= 11 is 1.55. The van der Waals surface area contributed by atoms with Crippen LogP contribution in [0.3, 0.4) is 0 Å². The zero-order valence-corrected chi connectivity index (χ0v) is 14.7. The van der Waals surface area contributed by atoms with E-state index in [1.54, 1.807) is 25.6 Å². The Morgan fingerprint density at radius 3 is 2.72 bits per heavy atom. The van der Waals surface area contributed by atoms with Crippen LogP contribution in [0.5, 0.6) is 23.0 Å². The van der Waals surface area contributed by atoms with Crippen molar-refractivity contribution in [3.05, 3.63) is 52.9 Å². The van der Waals surface area contributed by atoms with Gasteiger partial charge in [0.15, 0.2) is 17.6 Å². The molecule has 0 bridgehead atoms. The van der Waals surface area contributed by atoms with Crippen molar-refractivity contribution in [1.82, 2.24) is 4.98 Å². The normalized spacial score (nSPS) is 15.7. The quantitative estimate of drug-likeness (QED) is 0.697. The molecule has 128 valence electrons. The van der Waals surface area contributed by atoms with Gasteiger partial charge < -0.3 is 18.9 Å². The van der Waals surface area contributed by atoms with Gasteiger partial charge >= 0.3 is 0 Å². The minimum atomic E-state index is -0.210. The highest BCUT2D eigenvalue weighted by molar-refractivity contribution is 7.10. The van der Waals surface area contributed by atoms with Gasteiger partial charge in [0, 0.05) is 17.0 Å². The first-order chi connectivity index (χ1) is 12.3. The van der Waals surface area contributed by atoms with Crippen molar-refractivity contribution in [2.75, 3.05) is 20.8 Å². The standard InChI is InChI=1S/C19H17NO4S/c1-21-12-7-8-13(17(9-12)22-2)14-11-25-19(20-14)18-10-23-15-5-3-4-6-16(15)24-18/h3-9,11,18H,10H2,1-2H3/t18-/m1/s1. The van der Waals surface area contributed by atoms with Gasteiger partial charge in [0.05, 0.1) is 19.9 Å². The summed E-state index contributed by atoms with van der Waals surface area (Å²) in [4.78, 5) is 4.73. The molecule has 0 aliphatic carbocycles. The molecule has 0 saturated carbocycles. The van der Waals surface area contributed by atoms with Crippen molar-refractivity contribution in [1.29, 1.82) is 0 Å². The Morgan fingerprint density at radius 1 is 1.08 bits per heavy atom. The van der Waals surface area contributed by atoms with Crippen LogP contribution in [0.25, 0.3) is 11.3 Å². The lowest BCUT2D eigenvalue weighted by Crippen LogP contribution is -2.21. The largest absolute Gasteiger partial charge is 0.497 e. The van der Waals surface area contributed by atoms with E-state index in [0.717, 1.165) is 39.3 Å². The van der Waals surface area contributed by atoms with Crippen LogP contribution in [-0.2, 0) is 0 Å². The lowest BCUT2D eigenvalue weighted by Gasteiger charge is -2.24. The van der Waals surface area contributed by atoms with E-state index in [9.17, 15) is 0 Å². The number of fused-ring (bicyclic) bond motifs is 1. The topological polar surface area (TPSA) is 49.8 Å². The Balaban J connectivity index is 1.61. The van der Waals surface area contributed by atoms with Crippen molar-refractivity contribution in [2.45, 2.75) is 6.10 Å².